The molecule has 1 aromatic heterocycles. The fourth-order valence-corrected chi connectivity index (χ4v) is 6.84. The molecule has 0 aliphatic heterocycles. The van der Waals surface area contributed by atoms with Crippen LogP contribution < -0.4 is 0 Å². The van der Waals surface area contributed by atoms with Gasteiger partial charge < -0.3 is 0 Å². The normalized spacial score (nSPS) is 12.6. The number of hydrogen-bond acceptors (Lipinski definition) is 3. The number of fused-ring (bicyclic) bond motifs is 3. The molecule has 0 amide bonds. The number of rotatable bonds is 5. The van der Waals surface area contributed by atoms with E-state index in [1.807, 2.05) is 48.5 Å². The molecule has 222 valence electrons. The molecule has 0 spiro atoms. The van der Waals surface area contributed by atoms with Crippen LogP contribution in [0.2, 0.25) is 0 Å². The van der Waals surface area contributed by atoms with Gasteiger partial charge in [0.2, 0.25) is 0 Å². The molecule has 7 aromatic rings. The van der Waals surface area contributed by atoms with E-state index in [1.165, 1.54) is 16.7 Å². The zero-order valence-electron chi connectivity index (χ0n) is 26.3. The van der Waals surface area contributed by atoms with Gasteiger partial charge >= 0.3 is 0 Å². The molecule has 0 saturated heterocycles. The summed E-state index contributed by atoms with van der Waals surface area (Å²) in [6, 6.07) is 55.0. The van der Waals surface area contributed by atoms with Gasteiger partial charge in [0.05, 0.1) is 23.0 Å². The molecule has 0 saturated carbocycles. The molecule has 0 radical (unpaired) electrons. The summed E-state index contributed by atoms with van der Waals surface area (Å²) in [5.74, 6) is 0.709. The van der Waals surface area contributed by atoms with Gasteiger partial charge in [0, 0.05) is 27.7 Å². The Hall–Kier alpha value is -6.11. The minimum absolute atomic E-state index is 0.171. The maximum atomic E-state index is 9.79. The van der Waals surface area contributed by atoms with Crippen LogP contribution in [0.4, 0.5) is 0 Å². The highest BCUT2D eigenvalue weighted by molar-refractivity contribution is 5.87. The van der Waals surface area contributed by atoms with Gasteiger partial charge in [-0.1, -0.05) is 141 Å². The summed E-state index contributed by atoms with van der Waals surface area (Å²) in [6.45, 7) is 4.50. The maximum Gasteiger partial charge on any atom is 0.160 e. The van der Waals surface area contributed by atoms with Crippen molar-refractivity contribution in [1.82, 2.24) is 9.97 Å². The molecule has 0 N–H and O–H groups in total. The summed E-state index contributed by atoms with van der Waals surface area (Å²) >= 11 is 0. The second-order valence-electron chi connectivity index (χ2n) is 12.6. The molecule has 3 heteroatoms. The Morgan fingerprint density at radius 2 is 1.02 bits per heavy atom. The van der Waals surface area contributed by atoms with Gasteiger partial charge in [-0.15, -0.1) is 0 Å². The number of benzene rings is 6. The van der Waals surface area contributed by atoms with Crippen molar-refractivity contribution >= 4 is 0 Å². The first-order valence-corrected chi connectivity index (χ1v) is 15.9. The number of nitrogens with zero attached hydrogens (tertiary/aromatic N) is 3. The summed E-state index contributed by atoms with van der Waals surface area (Å²) in [6.07, 6.45) is 0. The van der Waals surface area contributed by atoms with Crippen LogP contribution in [0.3, 0.4) is 0 Å². The van der Waals surface area contributed by atoms with Crippen molar-refractivity contribution in [1.29, 1.82) is 5.26 Å². The summed E-state index contributed by atoms with van der Waals surface area (Å²) in [7, 11) is 0. The minimum Gasteiger partial charge on any atom is -0.228 e. The molecule has 3 nitrogen and oxygen atoms in total. The van der Waals surface area contributed by atoms with Gasteiger partial charge in [-0.3, -0.25) is 0 Å². The van der Waals surface area contributed by atoms with E-state index in [0.29, 0.717) is 5.82 Å². The van der Waals surface area contributed by atoms with Crippen LogP contribution >= 0.6 is 0 Å². The Morgan fingerprint density at radius 3 is 1.70 bits per heavy atom. The van der Waals surface area contributed by atoms with Gasteiger partial charge in [0.1, 0.15) is 0 Å². The lowest BCUT2D eigenvalue weighted by molar-refractivity contribution is 0.660. The van der Waals surface area contributed by atoms with Crippen molar-refractivity contribution in [2.24, 2.45) is 0 Å². The Kier molecular flexibility index (Phi) is 6.85. The first kappa shape index (κ1) is 28.4. The smallest absolute Gasteiger partial charge is 0.160 e. The van der Waals surface area contributed by atoms with Crippen LogP contribution in [-0.4, -0.2) is 9.97 Å². The number of hydrogen-bond donors (Lipinski definition) is 0. The van der Waals surface area contributed by atoms with Crippen LogP contribution in [-0.2, 0) is 5.41 Å². The van der Waals surface area contributed by atoms with Gasteiger partial charge in [-0.25, -0.2) is 9.97 Å². The predicted octanol–water partition coefficient (Wildman–Crippen LogP) is 11.0. The first-order valence-electron chi connectivity index (χ1n) is 15.9. The predicted molar refractivity (Wildman–Crippen MR) is 191 cm³/mol. The lowest BCUT2D eigenvalue weighted by Gasteiger charge is -2.22. The molecule has 1 heterocycles. The summed E-state index contributed by atoms with van der Waals surface area (Å²) in [5.41, 5.74) is 14.8. The standard InChI is InChI=1S/C44H31N3/c1-44(2)38-18-10-17-36(28-45)42(38)37-24-23-34(26-39(37)44)30-21-19-29(20-22-30)33-15-9-16-35(25-33)41-27-40(31-11-5-3-6-12-31)46-43(47-41)32-13-7-4-8-14-32/h3-27H,1-2H3. The second-order valence-corrected chi connectivity index (χ2v) is 12.6. The third-order valence-electron chi connectivity index (χ3n) is 9.36. The van der Waals surface area contributed by atoms with E-state index in [0.717, 1.165) is 61.5 Å². The molecule has 0 fully saturated rings. The number of aromatic nitrogens is 2. The van der Waals surface area contributed by atoms with Crippen LogP contribution in [0.1, 0.15) is 30.5 Å². The largest absolute Gasteiger partial charge is 0.228 e. The molecular formula is C44H31N3. The van der Waals surface area contributed by atoms with Crippen LogP contribution in [0.15, 0.2) is 152 Å². The molecule has 1 aliphatic carbocycles. The number of nitriles is 1. The lowest BCUT2D eigenvalue weighted by atomic mass is 9.81. The SMILES string of the molecule is CC1(C)c2cc(-c3ccc(-c4cccc(-c5cc(-c6ccccc6)nc(-c6ccccc6)n5)c4)cc3)ccc2-c2c(C#N)cccc21. The van der Waals surface area contributed by atoms with Crippen molar-refractivity contribution in [3.8, 4) is 73.4 Å². The topological polar surface area (TPSA) is 49.6 Å². The highest BCUT2D eigenvalue weighted by Crippen LogP contribution is 2.50. The van der Waals surface area contributed by atoms with Crippen molar-refractivity contribution < 1.29 is 0 Å². The second kappa shape index (κ2) is 11.4. The zero-order valence-corrected chi connectivity index (χ0v) is 26.3. The molecule has 0 unspecified atom stereocenters. The Labute approximate surface area is 275 Å². The van der Waals surface area contributed by atoms with E-state index in [4.69, 9.17) is 9.97 Å². The molecular weight excluding hydrogens is 571 g/mol. The van der Waals surface area contributed by atoms with Crippen molar-refractivity contribution in [2.45, 2.75) is 19.3 Å². The highest BCUT2D eigenvalue weighted by Gasteiger charge is 2.36. The van der Waals surface area contributed by atoms with Crippen molar-refractivity contribution in [3.63, 3.8) is 0 Å². The maximum absolute atomic E-state index is 9.79. The average molecular weight is 602 g/mol. The highest BCUT2D eigenvalue weighted by atomic mass is 14.9. The van der Waals surface area contributed by atoms with Gasteiger partial charge in [-0.2, -0.15) is 5.26 Å². The van der Waals surface area contributed by atoms with Gasteiger partial charge in [0.15, 0.2) is 5.82 Å². The molecule has 6 aromatic carbocycles. The van der Waals surface area contributed by atoms with E-state index in [1.54, 1.807) is 0 Å². The molecule has 0 bridgehead atoms. The van der Waals surface area contributed by atoms with Gasteiger partial charge in [-0.05, 0) is 63.2 Å². The third-order valence-corrected chi connectivity index (χ3v) is 9.36. The van der Waals surface area contributed by atoms with E-state index in [9.17, 15) is 5.26 Å². The van der Waals surface area contributed by atoms with E-state index in [2.05, 4.69) is 123 Å². The molecule has 47 heavy (non-hydrogen) atoms. The van der Waals surface area contributed by atoms with Crippen LogP contribution in [0, 0.1) is 11.3 Å². The van der Waals surface area contributed by atoms with E-state index < -0.39 is 0 Å². The zero-order chi connectivity index (χ0) is 32.0. The Morgan fingerprint density at radius 1 is 0.468 bits per heavy atom. The minimum atomic E-state index is -0.171. The molecule has 1 aliphatic rings. The molecule has 8 rings (SSSR count). The van der Waals surface area contributed by atoms with Crippen molar-refractivity contribution in [2.75, 3.05) is 0 Å². The fraction of sp³-hybridized carbons (Fsp3) is 0.0682. The van der Waals surface area contributed by atoms with Gasteiger partial charge in [0.25, 0.3) is 0 Å². The fourth-order valence-electron chi connectivity index (χ4n) is 6.84. The van der Waals surface area contributed by atoms with Crippen molar-refractivity contribution in [3.05, 3.63) is 168 Å². The monoisotopic (exact) mass is 601 g/mol. The summed E-state index contributed by atoms with van der Waals surface area (Å²) in [4.78, 5) is 9.97. The quantitative estimate of drug-likeness (QED) is 0.197. The van der Waals surface area contributed by atoms with Crippen LogP contribution in [0.5, 0.6) is 0 Å². The Bertz CT molecular complexity index is 2260. The third kappa shape index (κ3) is 5.01. The summed E-state index contributed by atoms with van der Waals surface area (Å²) < 4.78 is 0. The molecule has 0 atom stereocenters. The van der Waals surface area contributed by atoms with E-state index in [-0.39, 0.29) is 5.41 Å². The summed E-state index contributed by atoms with van der Waals surface area (Å²) in [5, 5.41) is 9.79. The van der Waals surface area contributed by atoms with E-state index >= 15 is 0 Å². The average Bonchev–Trinajstić information content (AvgIpc) is 3.38. The Balaban J connectivity index is 1.14. The first-order chi connectivity index (χ1) is 23.0. The lowest BCUT2D eigenvalue weighted by Crippen LogP contribution is -2.15. The van der Waals surface area contributed by atoms with Crippen LogP contribution in [0.25, 0.3) is 67.3 Å².